The van der Waals surface area contributed by atoms with Crippen molar-refractivity contribution in [3.05, 3.63) is 36.2 Å². The van der Waals surface area contributed by atoms with Gasteiger partial charge in [-0.05, 0) is 31.4 Å². The fourth-order valence-corrected chi connectivity index (χ4v) is 3.23. The molecule has 0 saturated heterocycles. The first-order valence-corrected chi connectivity index (χ1v) is 7.55. The lowest BCUT2D eigenvalue weighted by Crippen LogP contribution is -2.40. The quantitative estimate of drug-likeness (QED) is 0.880. The van der Waals surface area contributed by atoms with Crippen LogP contribution < -0.4 is 4.90 Å². The Labute approximate surface area is 121 Å². The largest absolute Gasteiger partial charge is 0.311 e. The van der Waals surface area contributed by atoms with Crippen LogP contribution in [0.15, 0.2) is 35.7 Å². The van der Waals surface area contributed by atoms with Crippen molar-refractivity contribution in [3.63, 3.8) is 0 Å². The van der Waals surface area contributed by atoms with E-state index in [1.807, 2.05) is 30.0 Å². The number of aryl methyl sites for hydroxylation is 1. The van der Waals surface area contributed by atoms with E-state index in [0.29, 0.717) is 5.16 Å². The number of H-pyrrole nitrogens is 1. The zero-order valence-electron chi connectivity index (χ0n) is 11.2. The molecule has 0 bridgehead atoms. The Bertz CT molecular complexity index is 599. The summed E-state index contributed by atoms with van der Waals surface area (Å²) in [6.07, 6.45) is 3.52. The first-order chi connectivity index (χ1) is 9.75. The van der Waals surface area contributed by atoms with Crippen LogP contribution in [0.1, 0.15) is 18.9 Å². The van der Waals surface area contributed by atoms with Crippen molar-refractivity contribution in [2.75, 3.05) is 11.4 Å². The van der Waals surface area contributed by atoms with Gasteiger partial charge < -0.3 is 4.90 Å². The molecule has 3 rings (SSSR count). The van der Waals surface area contributed by atoms with Crippen molar-refractivity contribution < 1.29 is 4.79 Å². The Balaban J connectivity index is 1.77. The lowest BCUT2D eigenvalue weighted by atomic mass is 10.0. The maximum Gasteiger partial charge on any atom is 0.240 e. The van der Waals surface area contributed by atoms with Gasteiger partial charge in [-0.2, -0.15) is 5.10 Å². The molecule has 104 valence electrons. The van der Waals surface area contributed by atoms with E-state index in [1.165, 1.54) is 23.7 Å². The number of anilines is 1. The molecular weight excluding hydrogens is 272 g/mol. The fourth-order valence-electron chi connectivity index (χ4n) is 2.45. The van der Waals surface area contributed by atoms with Crippen LogP contribution in [0.5, 0.6) is 0 Å². The molecule has 2 heterocycles. The number of benzene rings is 1. The second-order valence-electron chi connectivity index (χ2n) is 4.77. The molecule has 0 radical (unpaired) electrons. The Morgan fingerprint density at radius 3 is 3.10 bits per heavy atom. The predicted molar refractivity (Wildman–Crippen MR) is 78.8 cm³/mol. The van der Waals surface area contributed by atoms with Crippen molar-refractivity contribution in [2.24, 2.45) is 0 Å². The summed E-state index contributed by atoms with van der Waals surface area (Å²) in [4.78, 5) is 18.6. The van der Waals surface area contributed by atoms with Crippen molar-refractivity contribution in [1.29, 1.82) is 0 Å². The van der Waals surface area contributed by atoms with Crippen LogP contribution in [-0.2, 0) is 11.2 Å². The van der Waals surface area contributed by atoms with E-state index in [1.54, 1.807) is 0 Å². The van der Waals surface area contributed by atoms with Crippen LogP contribution in [0, 0.1) is 0 Å². The molecule has 1 aromatic heterocycles. The highest BCUT2D eigenvalue weighted by Gasteiger charge is 2.27. The second-order valence-corrected chi connectivity index (χ2v) is 6.10. The van der Waals surface area contributed by atoms with Crippen LogP contribution in [-0.4, -0.2) is 32.9 Å². The summed E-state index contributed by atoms with van der Waals surface area (Å²) < 4.78 is 0. The summed E-state index contributed by atoms with van der Waals surface area (Å²) in [5, 5.41) is 7.07. The Morgan fingerprint density at radius 2 is 2.30 bits per heavy atom. The van der Waals surface area contributed by atoms with E-state index < -0.39 is 0 Å². The number of fused-ring (bicyclic) bond motifs is 1. The fraction of sp³-hybridized carbons (Fsp3) is 0.357. The zero-order valence-corrected chi connectivity index (χ0v) is 12.1. The maximum absolute atomic E-state index is 12.6. The molecule has 2 aromatic rings. The van der Waals surface area contributed by atoms with Crippen molar-refractivity contribution in [3.8, 4) is 0 Å². The molecule has 1 aliphatic rings. The number of carbonyl (C=O) groups excluding carboxylic acids is 1. The SMILES string of the molecule is C[C@@H](Sc1ncn[nH]1)C(=O)N1CCCc2ccccc21. The highest BCUT2D eigenvalue weighted by molar-refractivity contribution is 8.00. The van der Waals surface area contributed by atoms with E-state index in [9.17, 15) is 4.79 Å². The topological polar surface area (TPSA) is 61.9 Å². The van der Waals surface area contributed by atoms with Crippen LogP contribution >= 0.6 is 11.8 Å². The summed E-state index contributed by atoms with van der Waals surface area (Å²) in [5.41, 5.74) is 2.30. The van der Waals surface area contributed by atoms with Crippen molar-refractivity contribution in [1.82, 2.24) is 15.2 Å². The van der Waals surface area contributed by atoms with E-state index in [4.69, 9.17) is 0 Å². The number of nitrogens with one attached hydrogen (secondary N) is 1. The predicted octanol–water partition coefficient (Wildman–Crippen LogP) is 2.26. The summed E-state index contributed by atoms with van der Waals surface area (Å²) in [6, 6.07) is 8.14. The Hall–Kier alpha value is -1.82. The van der Waals surface area contributed by atoms with Crippen LogP contribution in [0.3, 0.4) is 0 Å². The number of carbonyl (C=O) groups is 1. The van der Waals surface area contributed by atoms with Gasteiger partial charge in [0.25, 0.3) is 0 Å². The summed E-state index contributed by atoms with van der Waals surface area (Å²) in [6.45, 7) is 2.70. The molecule has 0 fully saturated rings. The third kappa shape index (κ3) is 2.56. The monoisotopic (exact) mass is 288 g/mol. The van der Waals surface area contributed by atoms with E-state index >= 15 is 0 Å². The molecule has 6 heteroatoms. The number of para-hydroxylation sites is 1. The molecule has 0 saturated carbocycles. The summed E-state index contributed by atoms with van der Waals surface area (Å²) in [7, 11) is 0. The summed E-state index contributed by atoms with van der Waals surface area (Å²) in [5.74, 6) is 0.124. The molecular formula is C14H16N4OS. The minimum absolute atomic E-state index is 0.124. The van der Waals surface area contributed by atoms with Gasteiger partial charge in [0.05, 0.1) is 5.25 Å². The number of aromatic nitrogens is 3. The highest BCUT2D eigenvalue weighted by Crippen LogP contribution is 2.29. The Kier molecular flexibility index (Phi) is 3.73. The first-order valence-electron chi connectivity index (χ1n) is 6.67. The molecule has 20 heavy (non-hydrogen) atoms. The number of aromatic amines is 1. The Morgan fingerprint density at radius 1 is 1.45 bits per heavy atom. The molecule has 1 atom stereocenters. The van der Waals surface area contributed by atoms with Crippen molar-refractivity contribution >= 4 is 23.4 Å². The second kappa shape index (κ2) is 5.66. The summed E-state index contributed by atoms with van der Waals surface area (Å²) >= 11 is 1.41. The lowest BCUT2D eigenvalue weighted by molar-refractivity contribution is -0.117. The highest BCUT2D eigenvalue weighted by atomic mass is 32.2. The molecule has 1 N–H and O–H groups in total. The maximum atomic E-state index is 12.6. The standard InChI is InChI=1S/C14H16N4OS/c1-10(20-14-15-9-16-17-14)13(19)18-8-4-6-11-5-2-3-7-12(11)18/h2-3,5,7,9-10H,4,6,8H2,1H3,(H,15,16,17)/t10-/m1/s1. The molecule has 1 aliphatic heterocycles. The average Bonchev–Trinajstić information content (AvgIpc) is 2.99. The van der Waals surface area contributed by atoms with Gasteiger partial charge in [-0.1, -0.05) is 30.0 Å². The van der Waals surface area contributed by atoms with Gasteiger partial charge in [0.15, 0.2) is 5.16 Å². The number of nitrogens with zero attached hydrogens (tertiary/aromatic N) is 3. The number of hydrogen-bond donors (Lipinski definition) is 1. The van der Waals surface area contributed by atoms with Crippen LogP contribution in [0.2, 0.25) is 0 Å². The van der Waals surface area contributed by atoms with E-state index in [2.05, 4.69) is 21.2 Å². The number of amides is 1. The molecule has 1 amide bonds. The van der Waals surface area contributed by atoms with Crippen molar-refractivity contribution in [2.45, 2.75) is 30.2 Å². The lowest BCUT2D eigenvalue weighted by Gasteiger charge is -2.31. The van der Waals surface area contributed by atoms with Gasteiger partial charge in [0, 0.05) is 12.2 Å². The molecule has 1 aromatic carbocycles. The number of hydrogen-bond acceptors (Lipinski definition) is 4. The van der Waals surface area contributed by atoms with E-state index in [-0.39, 0.29) is 11.2 Å². The average molecular weight is 288 g/mol. The van der Waals surface area contributed by atoms with Gasteiger partial charge in [0.2, 0.25) is 5.91 Å². The number of rotatable bonds is 3. The van der Waals surface area contributed by atoms with Gasteiger partial charge in [-0.15, -0.1) is 0 Å². The molecule has 0 unspecified atom stereocenters. The van der Waals surface area contributed by atoms with Gasteiger partial charge in [-0.3, -0.25) is 9.89 Å². The zero-order chi connectivity index (χ0) is 13.9. The van der Waals surface area contributed by atoms with Gasteiger partial charge >= 0.3 is 0 Å². The number of thioether (sulfide) groups is 1. The normalized spacial score (nSPS) is 15.8. The third-order valence-electron chi connectivity index (χ3n) is 3.41. The first kappa shape index (κ1) is 13.2. The van der Waals surface area contributed by atoms with Gasteiger partial charge in [-0.25, -0.2) is 4.98 Å². The molecule has 5 nitrogen and oxygen atoms in total. The minimum atomic E-state index is -0.186. The smallest absolute Gasteiger partial charge is 0.240 e. The minimum Gasteiger partial charge on any atom is -0.311 e. The van der Waals surface area contributed by atoms with E-state index in [0.717, 1.165) is 25.1 Å². The van der Waals surface area contributed by atoms with Gasteiger partial charge in [0.1, 0.15) is 6.33 Å². The third-order valence-corrected chi connectivity index (χ3v) is 4.38. The molecule has 0 spiro atoms. The van der Waals surface area contributed by atoms with Crippen LogP contribution in [0.4, 0.5) is 5.69 Å². The molecule has 0 aliphatic carbocycles. The van der Waals surface area contributed by atoms with Crippen LogP contribution in [0.25, 0.3) is 0 Å².